The molecule has 1 N–H and O–H groups in total. The summed E-state index contributed by atoms with van der Waals surface area (Å²) in [6.45, 7) is 4.84. The highest BCUT2D eigenvalue weighted by Gasteiger charge is 2.47. The summed E-state index contributed by atoms with van der Waals surface area (Å²) >= 11 is 0. The van der Waals surface area contributed by atoms with Crippen molar-refractivity contribution < 1.29 is 4.79 Å². The van der Waals surface area contributed by atoms with Gasteiger partial charge in [0.05, 0.1) is 6.54 Å². The van der Waals surface area contributed by atoms with Gasteiger partial charge in [-0.25, -0.2) is 0 Å². The first-order chi connectivity index (χ1) is 10.6. The summed E-state index contributed by atoms with van der Waals surface area (Å²) in [4.78, 5) is 12.8. The van der Waals surface area contributed by atoms with Gasteiger partial charge >= 0.3 is 0 Å². The standard InChI is InChI=1S/C18H19N3O/c1-11-8-14-16(15(22)9-11)18(2,12-6-4-3-5-7-12)13-10-19-21-17(13)20-14/h3-7,11,20H,8-10H2,1-2H3/t11-,18+/m0/s1. The summed E-state index contributed by atoms with van der Waals surface area (Å²) in [5.41, 5.74) is 3.79. The van der Waals surface area contributed by atoms with Gasteiger partial charge in [-0.1, -0.05) is 37.3 Å². The Kier molecular flexibility index (Phi) is 2.83. The topological polar surface area (TPSA) is 53.8 Å². The average molecular weight is 293 g/mol. The average Bonchev–Trinajstić information content (AvgIpc) is 2.96. The van der Waals surface area contributed by atoms with Crippen molar-refractivity contribution in [3.05, 3.63) is 58.6 Å². The van der Waals surface area contributed by atoms with Gasteiger partial charge in [0, 0.05) is 28.7 Å². The quantitative estimate of drug-likeness (QED) is 0.862. The minimum Gasteiger partial charge on any atom is -0.342 e. The van der Waals surface area contributed by atoms with Crippen molar-refractivity contribution in [2.75, 3.05) is 6.54 Å². The summed E-state index contributed by atoms with van der Waals surface area (Å²) in [7, 11) is 0. The van der Waals surface area contributed by atoms with Crippen molar-refractivity contribution in [3.8, 4) is 0 Å². The zero-order valence-electron chi connectivity index (χ0n) is 12.9. The lowest BCUT2D eigenvalue weighted by Gasteiger charge is -2.41. The molecule has 0 amide bonds. The first-order valence-corrected chi connectivity index (χ1v) is 7.81. The third kappa shape index (κ3) is 1.73. The molecule has 0 saturated carbocycles. The molecule has 2 heterocycles. The molecule has 0 spiro atoms. The minimum atomic E-state index is -0.419. The predicted molar refractivity (Wildman–Crippen MR) is 84.1 cm³/mol. The van der Waals surface area contributed by atoms with Crippen LogP contribution in [0.4, 0.5) is 0 Å². The van der Waals surface area contributed by atoms with Crippen LogP contribution in [0.1, 0.15) is 32.3 Å². The number of benzene rings is 1. The largest absolute Gasteiger partial charge is 0.342 e. The Morgan fingerprint density at radius 3 is 2.77 bits per heavy atom. The van der Waals surface area contributed by atoms with Crippen LogP contribution in [-0.4, -0.2) is 12.3 Å². The molecule has 1 aliphatic carbocycles. The smallest absolute Gasteiger partial charge is 0.162 e. The fraction of sp³-hybridized carbons (Fsp3) is 0.389. The van der Waals surface area contributed by atoms with Gasteiger partial charge in [-0.05, 0) is 24.8 Å². The normalized spacial score (nSPS) is 30.3. The van der Waals surface area contributed by atoms with Crippen LogP contribution in [-0.2, 0) is 10.2 Å². The van der Waals surface area contributed by atoms with Crippen molar-refractivity contribution >= 4 is 5.78 Å². The monoisotopic (exact) mass is 293 g/mol. The number of nitrogens with one attached hydrogen (secondary N) is 1. The van der Waals surface area contributed by atoms with E-state index in [1.54, 1.807) is 0 Å². The number of carbonyl (C=O) groups is 1. The first kappa shape index (κ1) is 13.4. The van der Waals surface area contributed by atoms with E-state index >= 15 is 0 Å². The number of dihydropyridines is 1. The van der Waals surface area contributed by atoms with Crippen LogP contribution in [0.2, 0.25) is 0 Å². The predicted octanol–water partition coefficient (Wildman–Crippen LogP) is 3.48. The molecule has 4 rings (SSSR count). The maximum Gasteiger partial charge on any atom is 0.162 e. The molecule has 4 nitrogen and oxygen atoms in total. The lowest BCUT2D eigenvalue weighted by Crippen LogP contribution is -2.43. The number of allylic oxidation sites excluding steroid dienone is 2. The molecule has 3 aliphatic rings. The Hall–Kier alpha value is -2.23. The van der Waals surface area contributed by atoms with Gasteiger partial charge in [0.25, 0.3) is 0 Å². The Morgan fingerprint density at radius 1 is 1.23 bits per heavy atom. The van der Waals surface area contributed by atoms with Crippen molar-refractivity contribution in [2.45, 2.75) is 32.1 Å². The molecule has 22 heavy (non-hydrogen) atoms. The molecule has 4 heteroatoms. The molecule has 0 saturated heterocycles. The maximum atomic E-state index is 12.8. The molecule has 0 radical (unpaired) electrons. The second-order valence-electron chi connectivity index (χ2n) is 6.63. The van der Waals surface area contributed by atoms with E-state index in [0.29, 0.717) is 18.9 Å². The van der Waals surface area contributed by atoms with Gasteiger partial charge in [-0.3, -0.25) is 4.79 Å². The van der Waals surface area contributed by atoms with E-state index in [0.717, 1.165) is 34.6 Å². The fourth-order valence-corrected chi connectivity index (χ4v) is 3.99. The molecule has 0 unspecified atom stereocenters. The van der Waals surface area contributed by atoms with Gasteiger partial charge in [0.1, 0.15) is 0 Å². The highest BCUT2D eigenvalue weighted by atomic mass is 16.1. The number of Topliss-reactive ketones (excluding diaryl/α,β-unsaturated/α-hetero) is 1. The molecule has 0 bridgehead atoms. The number of ketones is 1. The third-order valence-corrected chi connectivity index (χ3v) is 5.08. The van der Waals surface area contributed by atoms with Crippen LogP contribution in [0, 0.1) is 5.92 Å². The lowest BCUT2D eigenvalue weighted by atomic mass is 9.64. The molecule has 0 fully saturated rings. The van der Waals surface area contributed by atoms with E-state index in [1.807, 2.05) is 18.2 Å². The Bertz CT molecular complexity index is 745. The summed E-state index contributed by atoms with van der Waals surface area (Å²) in [6, 6.07) is 10.3. The molecule has 0 aromatic heterocycles. The van der Waals surface area contributed by atoms with Crippen LogP contribution in [0.3, 0.4) is 0 Å². The van der Waals surface area contributed by atoms with E-state index in [9.17, 15) is 4.79 Å². The maximum absolute atomic E-state index is 12.8. The Morgan fingerprint density at radius 2 is 2.00 bits per heavy atom. The highest BCUT2D eigenvalue weighted by molar-refractivity contribution is 6.01. The Labute approximate surface area is 130 Å². The fourth-order valence-electron chi connectivity index (χ4n) is 3.99. The van der Waals surface area contributed by atoms with E-state index in [1.165, 1.54) is 0 Å². The third-order valence-electron chi connectivity index (χ3n) is 5.08. The minimum absolute atomic E-state index is 0.256. The second kappa shape index (κ2) is 4.63. The summed E-state index contributed by atoms with van der Waals surface area (Å²) in [5.74, 6) is 1.47. The van der Waals surface area contributed by atoms with Gasteiger partial charge < -0.3 is 5.32 Å². The number of carbonyl (C=O) groups excluding carboxylic acids is 1. The molecule has 1 aromatic rings. The van der Waals surface area contributed by atoms with Crippen molar-refractivity contribution in [2.24, 2.45) is 16.1 Å². The highest BCUT2D eigenvalue weighted by Crippen LogP contribution is 2.49. The van der Waals surface area contributed by atoms with E-state index in [2.05, 4.69) is 41.5 Å². The molecule has 2 atom stereocenters. The van der Waals surface area contributed by atoms with E-state index in [-0.39, 0.29) is 5.78 Å². The van der Waals surface area contributed by atoms with Gasteiger partial charge in [0.15, 0.2) is 11.6 Å². The first-order valence-electron chi connectivity index (χ1n) is 7.81. The molecular formula is C18H19N3O. The number of azo groups is 1. The van der Waals surface area contributed by atoms with Gasteiger partial charge in [-0.2, -0.15) is 5.11 Å². The number of hydrogen-bond donors (Lipinski definition) is 1. The summed E-state index contributed by atoms with van der Waals surface area (Å²) < 4.78 is 0. The van der Waals surface area contributed by atoms with E-state index in [4.69, 9.17) is 0 Å². The SMILES string of the molecule is C[C@@H]1CC(=O)C2=C(C1)NC1=C(CN=N1)[C@@]2(C)c1ccccc1. The number of rotatable bonds is 1. The van der Waals surface area contributed by atoms with Crippen molar-refractivity contribution in [1.29, 1.82) is 0 Å². The molecular weight excluding hydrogens is 274 g/mol. The van der Waals surface area contributed by atoms with Crippen molar-refractivity contribution in [3.63, 3.8) is 0 Å². The number of nitrogens with zero attached hydrogens (tertiary/aromatic N) is 2. The summed E-state index contributed by atoms with van der Waals surface area (Å²) in [5, 5.41) is 11.9. The van der Waals surface area contributed by atoms with Crippen LogP contribution in [0.15, 0.2) is 63.2 Å². The van der Waals surface area contributed by atoms with Crippen LogP contribution >= 0.6 is 0 Å². The Balaban J connectivity index is 1.95. The lowest BCUT2D eigenvalue weighted by molar-refractivity contribution is -0.117. The zero-order valence-corrected chi connectivity index (χ0v) is 12.9. The molecule has 1 aromatic carbocycles. The van der Waals surface area contributed by atoms with Crippen LogP contribution in [0.5, 0.6) is 0 Å². The van der Waals surface area contributed by atoms with E-state index < -0.39 is 5.41 Å². The summed E-state index contributed by atoms with van der Waals surface area (Å²) in [6.07, 6.45) is 1.52. The second-order valence-corrected chi connectivity index (χ2v) is 6.63. The zero-order chi connectivity index (χ0) is 15.3. The van der Waals surface area contributed by atoms with Crippen molar-refractivity contribution in [1.82, 2.24) is 5.32 Å². The van der Waals surface area contributed by atoms with Gasteiger partial charge in [0.2, 0.25) is 0 Å². The molecule has 2 aliphatic heterocycles. The number of hydrogen-bond acceptors (Lipinski definition) is 4. The van der Waals surface area contributed by atoms with Gasteiger partial charge in [-0.15, -0.1) is 5.11 Å². The molecule has 112 valence electrons. The van der Waals surface area contributed by atoms with Crippen LogP contribution < -0.4 is 5.32 Å². The van der Waals surface area contributed by atoms with Crippen LogP contribution in [0.25, 0.3) is 0 Å².